The van der Waals surface area contributed by atoms with E-state index in [1.165, 1.54) is 23.8 Å². The Morgan fingerprint density at radius 2 is 2.14 bits per heavy atom. The van der Waals surface area contributed by atoms with Crippen LogP contribution in [-0.2, 0) is 11.3 Å². The smallest absolute Gasteiger partial charge is 0.376 e. The maximum Gasteiger partial charge on any atom is 0.376 e. The van der Waals surface area contributed by atoms with E-state index in [4.69, 9.17) is 5.11 Å². The summed E-state index contributed by atoms with van der Waals surface area (Å²) in [4.78, 5) is 34.1. The SMILES string of the molecule is COC(=O)c1nc(C)cc(NCc2nc(C(=O)O)cs2)n1. The lowest BCUT2D eigenvalue weighted by Crippen LogP contribution is -2.11. The van der Waals surface area contributed by atoms with Crippen LogP contribution < -0.4 is 5.32 Å². The van der Waals surface area contributed by atoms with Gasteiger partial charge in [0.25, 0.3) is 0 Å². The number of methoxy groups -OCH3 is 1. The summed E-state index contributed by atoms with van der Waals surface area (Å²) in [5.74, 6) is -1.28. The predicted molar refractivity (Wildman–Crippen MR) is 74.5 cm³/mol. The van der Waals surface area contributed by atoms with Crippen LogP contribution in [0.25, 0.3) is 0 Å². The molecule has 0 aliphatic heterocycles. The summed E-state index contributed by atoms with van der Waals surface area (Å²) >= 11 is 1.23. The zero-order valence-corrected chi connectivity index (χ0v) is 12.1. The molecular formula is C12H12N4O4S. The minimum atomic E-state index is -1.07. The highest BCUT2D eigenvalue weighted by atomic mass is 32.1. The van der Waals surface area contributed by atoms with Crippen LogP contribution >= 0.6 is 11.3 Å². The second-order valence-corrected chi connectivity index (χ2v) is 4.94. The number of thiazole rings is 1. The topological polar surface area (TPSA) is 114 Å². The van der Waals surface area contributed by atoms with Crippen molar-refractivity contribution in [2.24, 2.45) is 0 Å². The summed E-state index contributed by atoms with van der Waals surface area (Å²) < 4.78 is 4.57. The highest BCUT2D eigenvalue weighted by molar-refractivity contribution is 7.09. The standard InChI is InChI=1S/C12H12N4O4S/c1-6-3-8(16-10(14-6)12(19)20-2)13-4-9-15-7(5-21-9)11(17)18/h3,5H,4H2,1-2H3,(H,17,18)(H,13,14,16). The molecule has 0 radical (unpaired) electrons. The molecular weight excluding hydrogens is 296 g/mol. The highest BCUT2D eigenvalue weighted by Crippen LogP contribution is 2.13. The Morgan fingerprint density at radius 1 is 1.38 bits per heavy atom. The van der Waals surface area contributed by atoms with E-state index in [1.54, 1.807) is 13.0 Å². The molecule has 0 unspecified atom stereocenters. The number of aromatic carboxylic acids is 1. The molecule has 2 heterocycles. The van der Waals surface area contributed by atoms with Crippen LogP contribution in [0.1, 0.15) is 31.8 Å². The average molecular weight is 308 g/mol. The van der Waals surface area contributed by atoms with E-state index in [-0.39, 0.29) is 11.5 Å². The Bertz CT molecular complexity index is 686. The minimum Gasteiger partial charge on any atom is -0.476 e. The predicted octanol–water partition coefficient (Wildman–Crippen LogP) is 1.34. The molecule has 0 atom stereocenters. The number of aromatic nitrogens is 3. The number of anilines is 1. The van der Waals surface area contributed by atoms with Crippen molar-refractivity contribution in [3.8, 4) is 0 Å². The third kappa shape index (κ3) is 3.72. The highest BCUT2D eigenvalue weighted by Gasteiger charge is 2.12. The van der Waals surface area contributed by atoms with Gasteiger partial charge in [-0.05, 0) is 6.92 Å². The monoisotopic (exact) mass is 308 g/mol. The zero-order chi connectivity index (χ0) is 15.4. The number of aryl methyl sites for hydroxylation is 1. The van der Waals surface area contributed by atoms with E-state index in [1.807, 2.05) is 0 Å². The molecule has 0 aliphatic carbocycles. The molecule has 9 heteroatoms. The second-order valence-electron chi connectivity index (χ2n) is 3.99. The van der Waals surface area contributed by atoms with E-state index in [2.05, 4.69) is 25.0 Å². The summed E-state index contributed by atoms with van der Waals surface area (Å²) in [5, 5.41) is 13.8. The normalized spacial score (nSPS) is 10.2. The third-order valence-electron chi connectivity index (χ3n) is 2.41. The van der Waals surface area contributed by atoms with Crippen LogP contribution in [0.2, 0.25) is 0 Å². The van der Waals surface area contributed by atoms with E-state index < -0.39 is 11.9 Å². The number of carboxylic acid groups (broad SMARTS) is 1. The molecule has 0 aromatic carbocycles. The molecule has 0 aliphatic rings. The van der Waals surface area contributed by atoms with Crippen molar-refractivity contribution in [3.05, 3.63) is 33.7 Å². The summed E-state index contributed by atoms with van der Waals surface area (Å²) in [7, 11) is 1.25. The number of carbonyl (C=O) groups excluding carboxylic acids is 1. The molecule has 110 valence electrons. The van der Waals surface area contributed by atoms with Crippen molar-refractivity contribution < 1.29 is 19.4 Å². The first kappa shape index (κ1) is 14.9. The molecule has 21 heavy (non-hydrogen) atoms. The van der Waals surface area contributed by atoms with Crippen molar-refractivity contribution in [1.82, 2.24) is 15.0 Å². The lowest BCUT2D eigenvalue weighted by molar-refractivity contribution is 0.0585. The first-order valence-electron chi connectivity index (χ1n) is 5.85. The van der Waals surface area contributed by atoms with Crippen LogP contribution in [0.4, 0.5) is 5.82 Å². The van der Waals surface area contributed by atoms with Gasteiger partial charge in [0, 0.05) is 17.1 Å². The molecule has 8 nitrogen and oxygen atoms in total. The van der Waals surface area contributed by atoms with Crippen LogP contribution in [0, 0.1) is 6.92 Å². The van der Waals surface area contributed by atoms with Gasteiger partial charge in [0.1, 0.15) is 10.8 Å². The number of rotatable bonds is 5. The lowest BCUT2D eigenvalue weighted by Gasteiger charge is -2.06. The number of esters is 1. The Hall–Kier alpha value is -2.55. The van der Waals surface area contributed by atoms with E-state index in [0.29, 0.717) is 23.1 Å². The maximum absolute atomic E-state index is 11.4. The fraction of sp³-hybridized carbons (Fsp3) is 0.250. The number of hydrogen-bond donors (Lipinski definition) is 2. The molecule has 0 fully saturated rings. The largest absolute Gasteiger partial charge is 0.476 e. The van der Waals surface area contributed by atoms with Crippen LogP contribution in [0.15, 0.2) is 11.4 Å². The molecule has 0 saturated heterocycles. The van der Waals surface area contributed by atoms with Crippen molar-refractivity contribution in [3.63, 3.8) is 0 Å². The second kappa shape index (κ2) is 6.27. The Kier molecular flexibility index (Phi) is 4.43. The molecule has 0 bridgehead atoms. The van der Waals surface area contributed by atoms with Gasteiger partial charge in [0.05, 0.1) is 13.7 Å². The van der Waals surface area contributed by atoms with E-state index in [0.717, 1.165) is 0 Å². The molecule has 0 amide bonds. The molecule has 2 N–H and O–H groups in total. The number of nitrogens with zero attached hydrogens (tertiary/aromatic N) is 3. The number of carboxylic acids is 1. The van der Waals surface area contributed by atoms with Crippen LogP contribution in [0.5, 0.6) is 0 Å². The number of nitrogens with one attached hydrogen (secondary N) is 1. The number of carbonyl (C=O) groups is 2. The van der Waals surface area contributed by atoms with Crippen molar-refractivity contribution >= 4 is 29.1 Å². The van der Waals surface area contributed by atoms with Crippen LogP contribution in [-0.4, -0.2) is 39.1 Å². The summed E-state index contributed by atoms with van der Waals surface area (Å²) in [6, 6.07) is 1.66. The first-order valence-corrected chi connectivity index (χ1v) is 6.73. The molecule has 2 rings (SSSR count). The Balaban J connectivity index is 2.10. The van der Waals surface area contributed by atoms with Gasteiger partial charge in [-0.25, -0.2) is 24.5 Å². The van der Waals surface area contributed by atoms with Gasteiger partial charge >= 0.3 is 11.9 Å². The van der Waals surface area contributed by atoms with Crippen LogP contribution in [0.3, 0.4) is 0 Å². The van der Waals surface area contributed by atoms with Gasteiger partial charge in [0.2, 0.25) is 5.82 Å². The minimum absolute atomic E-state index is 0.00548. The lowest BCUT2D eigenvalue weighted by atomic mass is 10.4. The third-order valence-corrected chi connectivity index (χ3v) is 3.26. The van der Waals surface area contributed by atoms with Gasteiger partial charge in [-0.1, -0.05) is 0 Å². The summed E-state index contributed by atoms with van der Waals surface area (Å²) in [6.07, 6.45) is 0. The zero-order valence-electron chi connectivity index (χ0n) is 11.3. The van der Waals surface area contributed by atoms with Crippen molar-refractivity contribution in [1.29, 1.82) is 0 Å². The number of ether oxygens (including phenoxy) is 1. The Morgan fingerprint density at radius 3 is 2.76 bits per heavy atom. The van der Waals surface area contributed by atoms with Gasteiger partial charge in [-0.2, -0.15) is 0 Å². The Labute approximate surface area is 123 Å². The van der Waals surface area contributed by atoms with E-state index in [9.17, 15) is 9.59 Å². The summed E-state index contributed by atoms with van der Waals surface area (Å²) in [5.41, 5.74) is 0.615. The molecule has 2 aromatic rings. The van der Waals surface area contributed by atoms with E-state index >= 15 is 0 Å². The molecule has 2 aromatic heterocycles. The molecule has 0 spiro atoms. The maximum atomic E-state index is 11.4. The fourth-order valence-electron chi connectivity index (χ4n) is 1.50. The van der Waals surface area contributed by atoms with Gasteiger partial charge in [-0.3, -0.25) is 0 Å². The average Bonchev–Trinajstić information content (AvgIpc) is 2.93. The van der Waals surface area contributed by atoms with Gasteiger partial charge < -0.3 is 15.2 Å². The summed E-state index contributed by atoms with van der Waals surface area (Å²) in [6.45, 7) is 2.03. The number of hydrogen-bond acceptors (Lipinski definition) is 8. The van der Waals surface area contributed by atoms with Gasteiger partial charge in [0.15, 0.2) is 5.69 Å². The molecule has 0 saturated carbocycles. The quantitative estimate of drug-likeness (QED) is 0.795. The fourth-order valence-corrected chi connectivity index (χ4v) is 2.21. The van der Waals surface area contributed by atoms with Crippen molar-refractivity contribution in [2.75, 3.05) is 12.4 Å². The first-order chi connectivity index (χ1) is 9.99. The van der Waals surface area contributed by atoms with Gasteiger partial charge in [-0.15, -0.1) is 11.3 Å². The van der Waals surface area contributed by atoms with Crippen molar-refractivity contribution in [2.45, 2.75) is 13.5 Å².